The first kappa shape index (κ1) is 20.5. The average Bonchev–Trinajstić information content (AvgIpc) is 3.42. The van der Waals surface area contributed by atoms with Crippen LogP contribution in [0.2, 0.25) is 0 Å². The highest BCUT2D eigenvalue weighted by atomic mass is 16.5. The fourth-order valence-corrected chi connectivity index (χ4v) is 3.47. The number of aromatic nitrogens is 5. The van der Waals surface area contributed by atoms with Gasteiger partial charge in [-0.1, -0.05) is 0 Å². The maximum absolute atomic E-state index is 9.60. The van der Waals surface area contributed by atoms with E-state index < -0.39 is 0 Å². The molecule has 3 aromatic heterocycles. The van der Waals surface area contributed by atoms with Crippen molar-refractivity contribution in [3.63, 3.8) is 0 Å². The lowest BCUT2D eigenvalue weighted by Crippen LogP contribution is -2.19. The summed E-state index contributed by atoms with van der Waals surface area (Å²) in [6.45, 7) is -0.246. The Morgan fingerprint density at radius 3 is 2.81 bits per heavy atom. The molecule has 0 saturated heterocycles. The number of anilines is 2. The predicted molar refractivity (Wildman–Crippen MR) is 111 cm³/mol. The van der Waals surface area contributed by atoms with Gasteiger partial charge in [0.25, 0.3) is 0 Å². The molecule has 160 valence electrons. The lowest BCUT2D eigenvalue weighted by Gasteiger charge is -2.18. The molecule has 3 aromatic rings. The van der Waals surface area contributed by atoms with Gasteiger partial charge in [0, 0.05) is 18.2 Å². The molecule has 0 amide bonds. The number of nitriles is 1. The van der Waals surface area contributed by atoms with Crippen molar-refractivity contribution in [1.82, 2.24) is 25.1 Å². The number of hydrogen-bond acceptors (Lipinski definition) is 10. The number of nitrogens with zero attached hydrogens (tertiary/aromatic N) is 5. The van der Waals surface area contributed by atoms with Crippen LogP contribution in [0, 0.1) is 11.3 Å². The molecule has 0 bridgehead atoms. The van der Waals surface area contributed by atoms with E-state index in [4.69, 9.17) is 20.5 Å². The van der Waals surface area contributed by atoms with E-state index in [2.05, 4.69) is 30.5 Å². The SMILES string of the molecule is COc1nc(CO)cc(O[C@@H]2CC[C@H](N)C2)c1-c1cc(Nc2cnc(C#N)cn2)n[nH]1. The summed E-state index contributed by atoms with van der Waals surface area (Å²) in [6, 6.07) is 5.49. The molecule has 1 saturated carbocycles. The summed E-state index contributed by atoms with van der Waals surface area (Å²) in [5, 5.41) is 28.7. The predicted octanol–water partition coefficient (Wildman–Crippen LogP) is 1.64. The monoisotopic (exact) mass is 422 g/mol. The molecule has 0 aliphatic heterocycles. The van der Waals surface area contributed by atoms with Crippen LogP contribution in [0.5, 0.6) is 11.6 Å². The second-order valence-corrected chi connectivity index (χ2v) is 7.16. The fourth-order valence-electron chi connectivity index (χ4n) is 3.47. The number of ether oxygens (including phenoxy) is 2. The largest absolute Gasteiger partial charge is 0.489 e. The van der Waals surface area contributed by atoms with Gasteiger partial charge in [0.15, 0.2) is 11.5 Å². The zero-order chi connectivity index (χ0) is 21.8. The third-order valence-corrected chi connectivity index (χ3v) is 4.95. The number of hydrogen-bond donors (Lipinski definition) is 4. The van der Waals surface area contributed by atoms with Crippen LogP contribution < -0.4 is 20.5 Å². The van der Waals surface area contributed by atoms with E-state index in [-0.39, 0.29) is 24.4 Å². The number of rotatable bonds is 7. The molecule has 11 nitrogen and oxygen atoms in total. The normalized spacial score (nSPS) is 17.9. The van der Waals surface area contributed by atoms with Gasteiger partial charge in [0.05, 0.1) is 37.5 Å². The topological polar surface area (TPSA) is 168 Å². The Morgan fingerprint density at radius 1 is 1.29 bits per heavy atom. The first-order chi connectivity index (χ1) is 15.1. The quantitative estimate of drug-likeness (QED) is 0.439. The maximum atomic E-state index is 9.60. The Bertz CT molecular complexity index is 1090. The van der Waals surface area contributed by atoms with E-state index in [0.29, 0.717) is 40.2 Å². The van der Waals surface area contributed by atoms with Crippen molar-refractivity contribution in [1.29, 1.82) is 5.26 Å². The Labute approximate surface area is 178 Å². The Kier molecular flexibility index (Phi) is 5.92. The van der Waals surface area contributed by atoms with E-state index in [9.17, 15) is 5.11 Å². The summed E-state index contributed by atoms with van der Waals surface area (Å²) in [6.07, 6.45) is 5.30. The molecule has 4 rings (SSSR count). The zero-order valence-corrected chi connectivity index (χ0v) is 16.9. The maximum Gasteiger partial charge on any atom is 0.226 e. The minimum absolute atomic E-state index is 0.0261. The molecule has 0 spiro atoms. The Balaban J connectivity index is 1.65. The molecule has 31 heavy (non-hydrogen) atoms. The van der Waals surface area contributed by atoms with Crippen LogP contribution in [0.15, 0.2) is 24.5 Å². The number of nitrogens with two attached hydrogens (primary N) is 1. The molecule has 0 radical (unpaired) electrons. The molecule has 1 aliphatic carbocycles. The van der Waals surface area contributed by atoms with Crippen LogP contribution in [0.3, 0.4) is 0 Å². The lowest BCUT2D eigenvalue weighted by molar-refractivity contribution is 0.206. The second-order valence-electron chi connectivity index (χ2n) is 7.16. The van der Waals surface area contributed by atoms with Crippen LogP contribution in [0.25, 0.3) is 11.3 Å². The number of aliphatic hydroxyl groups is 1. The fraction of sp³-hybridized carbons (Fsp3) is 0.350. The highest BCUT2D eigenvalue weighted by Gasteiger charge is 2.26. The van der Waals surface area contributed by atoms with E-state index in [0.717, 1.165) is 19.3 Å². The highest BCUT2D eigenvalue weighted by molar-refractivity contribution is 5.75. The average molecular weight is 422 g/mol. The van der Waals surface area contributed by atoms with E-state index in [1.807, 2.05) is 6.07 Å². The molecule has 5 N–H and O–H groups in total. The van der Waals surface area contributed by atoms with Gasteiger partial charge in [-0.2, -0.15) is 10.4 Å². The van der Waals surface area contributed by atoms with Gasteiger partial charge in [-0.25, -0.2) is 15.0 Å². The minimum Gasteiger partial charge on any atom is -0.489 e. The Morgan fingerprint density at radius 2 is 2.16 bits per heavy atom. The second kappa shape index (κ2) is 8.95. The van der Waals surface area contributed by atoms with Gasteiger partial charge in [-0.15, -0.1) is 0 Å². The molecular formula is C20H22N8O3. The Hall–Kier alpha value is -3.75. The van der Waals surface area contributed by atoms with E-state index in [1.54, 1.807) is 12.1 Å². The number of pyridine rings is 1. The molecule has 0 unspecified atom stereocenters. The molecule has 1 aliphatic rings. The van der Waals surface area contributed by atoms with Gasteiger partial charge < -0.3 is 25.6 Å². The number of aliphatic hydroxyl groups excluding tert-OH is 1. The first-order valence-electron chi connectivity index (χ1n) is 9.75. The third-order valence-electron chi connectivity index (χ3n) is 4.95. The molecule has 3 heterocycles. The molecule has 1 fully saturated rings. The van der Waals surface area contributed by atoms with Crippen LogP contribution in [0.4, 0.5) is 11.6 Å². The lowest BCUT2D eigenvalue weighted by atomic mass is 10.1. The molecule has 2 atom stereocenters. The van der Waals surface area contributed by atoms with Crippen LogP contribution >= 0.6 is 0 Å². The summed E-state index contributed by atoms with van der Waals surface area (Å²) in [7, 11) is 1.50. The number of methoxy groups -OCH3 is 1. The molecule has 11 heteroatoms. The highest BCUT2D eigenvalue weighted by Crippen LogP contribution is 2.39. The molecular weight excluding hydrogens is 400 g/mol. The summed E-state index contributed by atoms with van der Waals surface area (Å²) in [4.78, 5) is 12.4. The van der Waals surface area contributed by atoms with Gasteiger partial charge in [0.2, 0.25) is 5.88 Å². The van der Waals surface area contributed by atoms with Crippen molar-refractivity contribution >= 4 is 11.6 Å². The zero-order valence-electron chi connectivity index (χ0n) is 16.9. The third kappa shape index (κ3) is 4.55. The standard InChI is InChI=1S/C20H22N8O3/c1-30-20-19(16(5-12(10-29)25-20)31-14-3-2-11(22)4-14)15-6-17(28-27-15)26-18-9-23-13(7-21)8-24-18/h5-6,8-9,11,14,29H,2-4,10,22H2,1H3,(H2,24,26,27,28)/t11-,14+/m0/s1. The summed E-state index contributed by atoms with van der Waals surface area (Å²) in [5.41, 5.74) is 7.88. The van der Waals surface area contributed by atoms with Crippen molar-refractivity contribution in [2.75, 3.05) is 12.4 Å². The van der Waals surface area contributed by atoms with Gasteiger partial charge >= 0.3 is 0 Å². The van der Waals surface area contributed by atoms with Crippen LogP contribution in [-0.4, -0.2) is 49.5 Å². The van der Waals surface area contributed by atoms with Crippen molar-refractivity contribution < 1.29 is 14.6 Å². The van der Waals surface area contributed by atoms with Gasteiger partial charge in [0.1, 0.15) is 29.3 Å². The first-order valence-corrected chi connectivity index (χ1v) is 9.75. The number of aromatic amines is 1. The number of nitrogens with one attached hydrogen (secondary N) is 2. The van der Waals surface area contributed by atoms with Crippen LogP contribution in [0.1, 0.15) is 30.7 Å². The summed E-state index contributed by atoms with van der Waals surface area (Å²) >= 11 is 0. The van der Waals surface area contributed by atoms with E-state index >= 15 is 0 Å². The van der Waals surface area contributed by atoms with E-state index in [1.165, 1.54) is 19.5 Å². The van der Waals surface area contributed by atoms with Crippen molar-refractivity contribution in [3.8, 4) is 29.0 Å². The van der Waals surface area contributed by atoms with Crippen molar-refractivity contribution in [2.24, 2.45) is 5.73 Å². The van der Waals surface area contributed by atoms with Gasteiger partial charge in [-0.3, -0.25) is 5.10 Å². The summed E-state index contributed by atoms with van der Waals surface area (Å²) in [5.74, 6) is 1.76. The van der Waals surface area contributed by atoms with Crippen LogP contribution in [-0.2, 0) is 6.61 Å². The molecule has 0 aromatic carbocycles. The smallest absolute Gasteiger partial charge is 0.226 e. The minimum atomic E-state index is -0.246. The summed E-state index contributed by atoms with van der Waals surface area (Å²) < 4.78 is 11.7. The van der Waals surface area contributed by atoms with Crippen molar-refractivity contribution in [3.05, 3.63) is 35.9 Å². The van der Waals surface area contributed by atoms with Crippen molar-refractivity contribution in [2.45, 2.75) is 38.0 Å². The number of H-pyrrole nitrogens is 1. The van der Waals surface area contributed by atoms with Gasteiger partial charge in [-0.05, 0) is 19.3 Å².